The van der Waals surface area contributed by atoms with Gasteiger partial charge in [-0.15, -0.1) is 0 Å². The second-order valence-electron chi connectivity index (χ2n) is 3.60. The normalized spacial score (nSPS) is 12.9. The van der Waals surface area contributed by atoms with Crippen LogP contribution in [0.5, 0.6) is 0 Å². The molecule has 1 atom stereocenters. The first kappa shape index (κ1) is 11.0. The zero-order valence-corrected chi connectivity index (χ0v) is 9.20. The summed E-state index contributed by atoms with van der Waals surface area (Å²) in [5.41, 5.74) is 0. The number of nitrogens with zero attached hydrogens (tertiary/aromatic N) is 2. The number of aromatic nitrogens is 2. The lowest BCUT2D eigenvalue weighted by Crippen LogP contribution is -2.25. The fourth-order valence-electron chi connectivity index (χ4n) is 1.72. The second kappa shape index (κ2) is 5.58. The minimum absolute atomic E-state index is 0.472. The Morgan fingerprint density at radius 3 is 2.57 bits per heavy atom. The lowest BCUT2D eigenvalue weighted by atomic mass is 9.95. The number of nitrogens with one attached hydrogen (secondary N) is 1. The summed E-state index contributed by atoms with van der Waals surface area (Å²) in [5.74, 6) is 1.63. The summed E-state index contributed by atoms with van der Waals surface area (Å²) < 4.78 is 0. The van der Waals surface area contributed by atoms with Gasteiger partial charge in [-0.2, -0.15) is 0 Å². The predicted molar refractivity (Wildman–Crippen MR) is 59.2 cm³/mol. The maximum atomic E-state index is 4.15. The van der Waals surface area contributed by atoms with E-state index in [0.29, 0.717) is 12.0 Å². The molecule has 0 spiro atoms. The average Bonchev–Trinajstić information content (AvgIpc) is 2.21. The third-order valence-electron chi connectivity index (χ3n) is 2.71. The molecule has 0 aliphatic carbocycles. The lowest BCUT2D eigenvalue weighted by Gasteiger charge is -2.22. The lowest BCUT2D eigenvalue weighted by molar-refractivity contribution is 0.437. The monoisotopic (exact) mass is 193 g/mol. The first-order valence-corrected chi connectivity index (χ1v) is 5.30. The highest BCUT2D eigenvalue weighted by Crippen LogP contribution is 2.16. The zero-order valence-electron chi connectivity index (χ0n) is 9.20. The molecule has 0 aromatic carbocycles. The summed E-state index contributed by atoms with van der Waals surface area (Å²) in [6.45, 7) is 6.67. The van der Waals surface area contributed by atoms with Gasteiger partial charge in [0.05, 0.1) is 0 Å². The maximum Gasteiger partial charge on any atom is 0.129 e. The molecule has 0 aliphatic heterocycles. The molecule has 0 saturated heterocycles. The summed E-state index contributed by atoms with van der Waals surface area (Å²) in [7, 11) is 0. The Morgan fingerprint density at radius 1 is 1.36 bits per heavy atom. The van der Waals surface area contributed by atoms with E-state index in [1.807, 2.05) is 6.07 Å². The van der Waals surface area contributed by atoms with Gasteiger partial charge in [0.15, 0.2) is 0 Å². The van der Waals surface area contributed by atoms with Gasteiger partial charge < -0.3 is 5.32 Å². The predicted octanol–water partition coefficient (Wildman–Crippen LogP) is 2.71. The third-order valence-corrected chi connectivity index (χ3v) is 2.71. The van der Waals surface area contributed by atoms with Crippen LogP contribution in [0.25, 0.3) is 0 Å². The number of hydrogen-bond donors (Lipinski definition) is 1. The zero-order chi connectivity index (χ0) is 10.4. The van der Waals surface area contributed by atoms with Gasteiger partial charge in [0.2, 0.25) is 0 Å². The van der Waals surface area contributed by atoms with E-state index in [2.05, 4.69) is 36.1 Å². The average molecular weight is 193 g/mol. The maximum absolute atomic E-state index is 4.15. The minimum Gasteiger partial charge on any atom is -0.367 e. The minimum atomic E-state index is 0.472. The molecule has 0 amide bonds. The van der Waals surface area contributed by atoms with E-state index in [4.69, 9.17) is 0 Å². The van der Waals surface area contributed by atoms with Crippen molar-refractivity contribution in [1.82, 2.24) is 9.97 Å². The molecule has 1 aromatic heterocycles. The van der Waals surface area contributed by atoms with E-state index in [1.165, 1.54) is 12.8 Å². The molecule has 0 saturated carbocycles. The molecule has 0 radical (unpaired) electrons. The standard InChI is InChI=1S/C11H19N3/c1-4-10(5-2)9(3)14-11-6-7-12-8-13-11/h6-10H,4-5H2,1-3H3,(H,12,13,14). The van der Waals surface area contributed by atoms with Gasteiger partial charge in [0.1, 0.15) is 12.1 Å². The molecule has 3 heteroatoms. The summed E-state index contributed by atoms with van der Waals surface area (Å²) >= 11 is 0. The first-order valence-electron chi connectivity index (χ1n) is 5.30. The van der Waals surface area contributed by atoms with E-state index in [9.17, 15) is 0 Å². The van der Waals surface area contributed by atoms with E-state index in [-0.39, 0.29) is 0 Å². The SMILES string of the molecule is CCC(CC)C(C)Nc1ccncn1. The summed E-state index contributed by atoms with van der Waals surface area (Å²) in [4.78, 5) is 8.03. The van der Waals surface area contributed by atoms with Crippen LogP contribution in [0.1, 0.15) is 33.6 Å². The van der Waals surface area contributed by atoms with Crippen LogP contribution >= 0.6 is 0 Å². The van der Waals surface area contributed by atoms with Crippen molar-refractivity contribution < 1.29 is 0 Å². The van der Waals surface area contributed by atoms with E-state index < -0.39 is 0 Å². The Balaban J connectivity index is 2.52. The largest absolute Gasteiger partial charge is 0.367 e. The van der Waals surface area contributed by atoms with Gasteiger partial charge >= 0.3 is 0 Å². The smallest absolute Gasteiger partial charge is 0.129 e. The van der Waals surface area contributed by atoms with Crippen LogP contribution in [-0.2, 0) is 0 Å². The van der Waals surface area contributed by atoms with Gasteiger partial charge in [0.25, 0.3) is 0 Å². The number of anilines is 1. The Hall–Kier alpha value is -1.12. The van der Waals surface area contributed by atoms with Gasteiger partial charge in [-0.1, -0.05) is 26.7 Å². The van der Waals surface area contributed by atoms with Gasteiger partial charge in [-0.25, -0.2) is 9.97 Å². The van der Waals surface area contributed by atoms with Crippen molar-refractivity contribution in [2.24, 2.45) is 5.92 Å². The van der Waals surface area contributed by atoms with Crippen LogP contribution in [0.2, 0.25) is 0 Å². The van der Waals surface area contributed by atoms with Gasteiger partial charge in [-0.05, 0) is 18.9 Å². The molecular formula is C11H19N3. The fourth-order valence-corrected chi connectivity index (χ4v) is 1.72. The number of hydrogen-bond acceptors (Lipinski definition) is 3. The van der Waals surface area contributed by atoms with Crippen molar-refractivity contribution in [3.8, 4) is 0 Å². The molecule has 1 aromatic rings. The van der Waals surface area contributed by atoms with Gasteiger partial charge in [-0.3, -0.25) is 0 Å². The molecule has 0 aliphatic rings. The summed E-state index contributed by atoms with van der Waals surface area (Å²) in [6.07, 6.45) is 5.74. The molecule has 3 nitrogen and oxygen atoms in total. The highest BCUT2D eigenvalue weighted by atomic mass is 15.0. The van der Waals surface area contributed by atoms with Crippen LogP contribution in [0, 0.1) is 5.92 Å². The molecule has 14 heavy (non-hydrogen) atoms. The van der Waals surface area contributed by atoms with Crippen molar-refractivity contribution >= 4 is 5.82 Å². The van der Waals surface area contributed by atoms with Crippen LogP contribution in [0.3, 0.4) is 0 Å². The van der Waals surface area contributed by atoms with Crippen LogP contribution in [-0.4, -0.2) is 16.0 Å². The van der Waals surface area contributed by atoms with E-state index in [0.717, 1.165) is 5.82 Å². The van der Waals surface area contributed by atoms with E-state index >= 15 is 0 Å². The summed E-state index contributed by atoms with van der Waals surface area (Å²) in [5, 5.41) is 3.39. The highest BCUT2D eigenvalue weighted by Gasteiger charge is 2.12. The van der Waals surface area contributed by atoms with Crippen LogP contribution in [0.4, 0.5) is 5.82 Å². The van der Waals surface area contributed by atoms with Crippen molar-refractivity contribution in [3.05, 3.63) is 18.6 Å². The highest BCUT2D eigenvalue weighted by molar-refractivity contribution is 5.32. The van der Waals surface area contributed by atoms with E-state index in [1.54, 1.807) is 12.5 Å². The first-order chi connectivity index (χ1) is 6.77. The van der Waals surface area contributed by atoms with Crippen molar-refractivity contribution in [1.29, 1.82) is 0 Å². The topological polar surface area (TPSA) is 37.8 Å². The second-order valence-corrected chi connectivity index (χ2v) is 3.60. The third kappa shape index (κ3) is 2.98. The Morgan fingerprint density at radius 2 is 2.07 bits per heavy atom. The van der Waals surface area contributed by atoms with Gasteiger partial charge in [0, 0.05) is 12.2 Å². The Bertz CT molecular complexity index is 244. The molecule has 1 heterocycles. The molecule has 1 rings (SSSR count). The molecule has 1 unspecified atom stereocenters. The quantitative estimate of drug-likeness (QED) is 0.781. The van der Waals surface area contributed by atoms with Crippen molar-refractivity contribution in [3.63, 3.8) is 0 Å². The Kier molecular flexibility index (Phi) is 4.36. The molecule has 78 valence electrons. The van der Waals surface area contributed by atoms with Crippen molar-refractivity contribution in [2.75, 3.05) is 5.32 Å². The van der Waals surface area contributed by atoms with Crippen molar-refractivity contribution in [2.45, 2.75) is 39.7 Å². The molecular weight excluding hydrogens is 174 g/mol. The van der Waals surface area contributed by atoms with Crippen LogP contribution < -0.4 is 5.32 Å². The molecule has 1 N–H and O–H groups in total. The molecule has 0 fully saturated rings. The molecule has 0 bridgehead atoms. The number of rotatable bonds is 5. The fraction of sp³-hybridized carbons (Fsp3) is 0.636. The Labute approximate surface area is 86.0 Å². The van der Waals surface area contributed by atoms with Crippen LogP contribution in [0.15, 0.2) is 18.6 Å². The summed E-state index contributed by atoms with van der Waals surface area (Å²) in [6, 6.07) is 2.37.